The highest BCUT2D eigenvalue weighted by molar-refractivity contribution is 7.99. The Labute approximate surface area is 174 Å². The van der Waals surface area contributed by atoms with Gasteiger partial charge >= 0.3 is 5.97 Å². The Balaban J connectivity index is 1.81. The maximum Gasteiger partial charge on any atom is 0.338 e. The highest BCUT2D eigenvalue weighted by Crippen LogP contribution is 2.32. The maximum atomic E-state index is 12.4. The van der Waals surface area contributed by atoms with E-state index < -0.39 is 0 Å². The van der Waals surface area contributed by atoms with E-state index >= 15 is 0 Å². The van der Waals surface area contributed by atoms with E-state index in [2.05, 4.69) is 10.6 Å². The molecule has 7 heteroatoms. The van der Waals surface area contributed by atoms with Crippen molar-refractivity contribution in [2.24, 2.45) is 0 Å². The van der Waals surface area contributed by atoms with Crippen molar-refractivity contribution in [2.45, 2.75) is 29.7 Å². The number of methoxy groups -OCH3 is 1. The highest BCUT2D eigenvalue weighted by atomic mass is 32.2. The molecule has 0 saturated heterocycles. The minimum atomic E-state index is -0.343. The van der Waals surface area contributed by atoms with E-state index in [-0.39, 0.29) is 12.0 Å². The van der Waals surface area contributed by atoms with Crippen molar-refractivity contribution in [2.75, 3.05) is 13.7 Å². The number of rotatable bonds is 6. The number of hydrogen-bond acceptors (Lipinski definition) is 5. The van der Waals surface area contributed by atoms with Gasteiger partial charge in [-0.3, -0.25) is 0 Å². The summed E-state index contributed by atoms with van der Waals surface area (Å²) in [5, 5.41) is 6.67. The molecule has 0 spiro atoms. The van der Waals surface area contributed by atoms with Crippen LogP contribution in [0.3, 0.4) is 0 Å². The number of ether oxygens (including phenoxy) is 2. The normalized spacial score (nSPS) is 16.2. The summed E-state index contributed by atoms with van der Waals surface area (Å²) in [5.74, 6) is 0.491. The lowest BCUT2D eigenvalue weighted by atomic mass is 9.96. The van der Waals surface area contributed by atoms with E-state index in [0.29, 0.717) is 23.0 Å². The number of hydrogen-bond donors (Lipinski definition) is 2. The van der Waals surface area contributed by atoms with Gasteiger partial charge in [0.1, 0.15) is 5.75 Å². The van der Waals surface area contributed by atoms with Gasteiger partial charge in [-0.2, -0.15) is 0 Å². The molecule has 0 amide bonds. The minimum absolute atomic E-state index is 0.324. The lowest BCUT2D eigenvalue weighted by Gasteiger charge is -2.29. The van der Waals surface area contributed by atoms with E-state index in [0.717, 1.165) is 21.1 Å². The van der Waals surface area contributed by atoms with Crippen LogP contribution in [0.15, 0.2) is 69.6 Å². The number of thiocarbonyl (C=S) groups is 1. The third-order valence-corrected chi connectivity index (χ3v) is 5.51. The monoisotopic (exact) mass is 414 g/mol. The van der Waals surface area contributed by atoms with Gasteiger partial charge in [-0.1, -0.05) is 23.9 Å². The second-order valence-electron chi connectivity index (χ2n) is 6.14. The Morgan fingerprint density at radius 3 is 2.29 bits per heavy atom. The SMILES string of the molecule is CCOC(=O)C1=C(C)NC(=S)N[C@@H]1c1ccc(Sc2ccc(OC)cc2)cc1. The molecule has 28 heavy (non-hydrogen) atoms. The molecule has 3 rings (SSSR count). The van der Waals surface area contributed by atoms with Crippen LogP contribution < -0.4 is 15.4 Å². The first-order valence-electron chi connectivity index (χ1n) is 8.89. The van der Waals surface area contributed by atoms with Gasteiger partial charge in [-0.25, -0.2) is 4.79 Å². The smallest absolute Gasteiger partial charge is 0.338 e. The van der Waals surface area contributed by atoms with E-state index in [1.807, 2.05) is 55.5 Å². The first-order valence-corrected chi connectivity index (χ1v) is 10.1. The number of allylic oxidation sites excluding steroid dienone is 1. The molecular formula is C21H22N2O3S2. The lowest BCUT2D eigenvalue weighted by molar-refractivity contribution is -0.139. The predicted molar refractivity (Wildman–Crippen MR) is 115 cm³/mol. The van der Waals surface area contributed by atoms with Crippen LogP contribution >= 0.6 is 24.0 Å². The van der Waals surface area contributed by atoms with Crippen molar-refractivity contribution in [1.29, 1.82) is 0 Å². The molecule has 2 aromatic rings. The molecule has 2 aromatic carbocycles. The number of esters is 1. The van der Waals surface area contributed by atoms with Gasteiger partial charge in [0.2, 0.25) is 0 Å². The average molecular weight is 415 g/mol. The Hall–Kier alpha value is -2.51. The Morgan fingerprint density at radius 2 is 1.71 bits per heavy atom. The third kappa shape index (κ3) is 4.66. The van der Waals surface area contributed by atoms with Crippen LogP contribution in [-0.4, -0.2) is 24.8 Å². The summed E-state index contributed by atoms with van der Waals surface area (Å²) >= 11 is 6.93. The zero-order valence-corrected chi connectivity index (χ0v) is 17.6. The molecule has 1 aliphatic rings. The fraction of sp³-hybridized carbons (Fsp3) is 0.238. The van der Waals surface area contributed by atoms with Crippen LogP contribution in [0, 0.1) is 0 Å². The summed E-state index contributed by atoms with van der Waals surface area (Å²) in [7, 11) is 1.65. The lowest BCUT2D eigenvalue weighted by Crippen LogP contribution is -2.45. The van der Waals surface area contributed by atoms with Crippen LogP contribution in [0.25, 0.3) is 0 Å². The number of nitrogens with one attached hydrogen (secondary N) is 2. The van der Waals surface area contributed by atoms with E-state index in [1.54, 1.807) is 25.8 Å². The number of carbonyl (C=O) groups is 1. The van der Waals surface area contributed by atoms with Crippen molar-refractivity contribution in [3.05, 3.63) is 65.4 Å². The van der Waals surface area contributed by atoms with Gasteiger partial charge in [-0.05, 0) is 68.0 Å². The predicted octanol–water partition coefficient (Wildman–Crippen LogP) is 4.20. The fourth-order valence-electron chi connectivity index (χ4n) is 2.93. The van der Waals surface area contributed by atoms with E-state index in [1.165, 1.54) is 0 Å². The molecule has 1 heterocycles. The number of carbonyl (C=O) groups excluding carboxylic acids is 1. The highest BCUT2D eigenvalue weighted by Gasteiger charge is 2.30. The molecule has 0 fully saturated rings. The van der Waals surface area contributed by atoms with Crippen molar-refractivity contribution in [3.8, 4) is 5.75 Å². The Bertz CT molecular complexity index is 893. The Kier molecular flexibility index (Phi) is 6.59. The Morgan fingerprint density at radius 1 is 1.11 bits per heavy atom. The second kappa shape index (κ2) is 9.12. The molecular weight excluding hydrogens is 392 g/mol. The summed E-state index contributed by atoms with van der Waals surface area (Å²) in [6.45, 7) is 3.95. The third-order valence-electron chi connectivity index (χ3n) is 4.27. The number of benzene rings is 2. The van der Waals surface area contributed by atoms with Crippen molar-refractivity contribution < 1.29 is 14.3 Å². The average Bonchev–Trinajstić information content (AvgIpc) is 2.68. The maximum absolute atomic E-state index is 12.4. The zero-order valence-electron chi connectivity index (χ0n) is 15.9. The van der Waals surface area contributed by atoms with Gasteiger partial charge in [0.05, 0.1) is 25.3 Å². The molecule has 0 bridgehead atoms. The van der Waals surface area contributed by atoms with E-state index in [9.17, 15) is 4.79 Å². The standard InChI is InChI=1S/C21H22N2O3S2/c1-4-26-20(24)18-13(2)22-21(27)23-19(18)14-5-9-16(10-6-14)28-17-11-7-15(25-3)8-12-17/h5-12,19H,4H2,1-3H3,(H2,22,23,27)/t19-/m1/s1. The van der Waals surface area contributed by atoms with Crippen molar-refractivity contribution in [1.82, 2.24) is 10.6 Å². The summed E-state index contributed by atoms with van der Waals surface area (Å²) < 4.78 is 10.4. The van der Waals surface area contributed by atoms with Crippen molar-refractivity contribution >= 4 is 35.1 Å². The van der Waals surface area contributed by atoms with Gasteiger partial charge in [-0.15, -0.1) is 0 Å². The van der Waals surface area contributed by atoms with Crippen LogP contribution in [0.2, 0.25) is 0 Å². The topological polar surface area (TPSA) is 59.6 Å². The molecule has 0 aliphatic carbocycles. The first kappa shape index (κ1) is 20.2. The second-order valence-corrected chi connectivity index (χ2v) is 7.69. The van der Waals surface area contributed by atoms with Crippen molar-refractivity contribution in [3.63, 3.8) is 0 Å². The largest absolute Gasteiger partial charge is 0.497 e. The molecule has 0 unspecified atom stereocenters. The van der Waals surface area contributed by atoms with Gasteiger partial charge < -0.3 is 20.1 Å². The van der Waals surface area contributed by atoms with Gasteiger partial charge in [0.25, 0.3) is 0 Å². The molecule has 2 N–H and O–H groups in total. The quantitative estimate of drug-likeness (QED) is 0.543. The van der Waals surface area contributed by atoms with Gasteiger partial charge in [0, 0.05) is 15.5 Å². The molecule has 146 valence electrons. The fourth-order valence-corrected chi connectivity index (χ4v) is 4.02. The summed E-state index contributed by atoms with van der Waals surface area (Å²) in [6, 6.07) is 15.7. The molecule has 0 aromatic heterocycles. The van der Waals surface area contributed by atoms with E-state index in [4.69, 9.17) is 21.7 Å². The van der Waals surface area contributed by atoms with Crippen LogP contribution in [0.4, 0.5) is 0 Å². The summed E-state index contributed by atoms with van der Waals surface area (Å²) in [5.41, 5.74) is 2.21. The van der Waals surface area contributed by atoms with Crippen LogP contribution in [-0.2, 0) is 9.53 Å². The summed E-state index contributed by atoms with van der Waals surface area (Å²) in [6.07, 6.45) is 0. The van der Waals surface area contributed by atoms with Crippen LogP contribution in [0.5, 0.6) is 5.75 Å². The zero-order chi connectivity index (χ0) is 20.1. The molecule has 0 saturated carbocycles. The molecule has 5 nitrogen and oxygen atoms in total. The van der Waals surface area contributed by atoms with Gasteiger partial charge in [0.15, 0.2) is 5.11 Å². The molecule has 1 atom stereocenters. The summed E-state index contributed by atoms with van der Waals surface area (Å²) in [4.78, 5) is 14.7. The van der Waals surface area contributed by atoms with Crippen LogP contribution in [0.1, 0.15) is 25.5 Å². The molecule has 1 aliphatic heterocycles. The molecule has 0 radical (unpaired) electrons. The first-order chi connectivity index (χ1) is 13.5. The minimum Gasteiger partial charge on any atom is -0.497 e.